The lowest BCUT2D eigenvalue weighted by Gasteiger charge is -2.19. The van der Waals surface area contributed by atoms with Gasteiger partial charge in [0, 0.05) is 25.6 Å². The zero-order chi connectivity index (χ0) is 17.2. The van der Waals surface area contributed by atoms with Crippen molar-refractivity contribution in [3.8, 4) is 5.75 Å². The molecule has 23 heavy (non-hydrogen) atoms. The lowest BCUT2D eigenvalue weighted by atomic mass is 10.1. The van der Waals surface area contributed by atoms with E-state index in [0.717, 1.165) is 0 Å². The van der Waals surface area contributed by atoms with Crippen LogP contribution in [-0.2, 0) is 26.0 Å². The summed E-state index contributed by atoms with van der Waals surface area (Å²) in [5.74, 6) is -0.0421. The standard InChI is InChI=1S/C15H20ClNO5S/c1-4-17(5-2)23(19,20)14-8-10-7-13(15(18)21-6-3)22-12(10)9-11(14)16/h8-9,13H,4-7H2,1-3H3. The van der Waals surface area contributed by atoms with Crippen LogP contribution >= 0.6 is 11.6 Å². The summed E-state index contributed by atoms with van der Waals surface area (Å²) in [7, 11) is -3.67. The summed E-state index contributed by atoms with van der Waals surface area (Å²) >= 11 is 6.14. The minimum Gasteiger partial charge on any atom is -0.478 e. The quantitative estimate of drug-likeness (QED) is 0.726. The molecule has 0 amide bonds. The molecule has 1 aromatic rings. The highest BCUT2D eigenvalue weighted by molar-refractivity contribution is 7.89. The maximum Gasteiger partial charge on any atom is 0.347 e. The van der Waals surface area contributed by atoms with Gasteiger partial charge in [-0.2, -0.15) is 4.31 Å². The number of nitrogens with zero attached hydrogens (tertiary/aromatic N) is 1. The van der Waals surface area contributed by atoms with Crippen molar-refractivity contribution in [2.75, 3.05) is 19.7 Å². The van der Waals surface area contributed by atoms with Crippen molar-refractivity contribution in [1.82, 2.24) is 4.31 Å². The second kappa shape index (κ2) is 7.07. The molecule has 1 heterocycles. The molecule has 1 aliphatic rings. The Morgan fingerprint density at radius 3 is 2.57 bits per heavy atom. The number of esters is 1. The van der Waals surface area contributed by atoms with Crippen LogP contribution in [0.3, 0.4) is 0 Å². The van der Waals surface area contributed by atoms with Crippen LogP contribution in [0.25, 0.3) is 0 Å². The van der Waals surface area contributed by atoms with E-state index in [1.165, 1.54) is 16.4 Å². The molecule has 6 nitrogen and oxygen atoms in total. The molecule has 1 aromatic carbocycles. The van der Waals surface area contributed by atoms with Crippen LogP contribution in [0.1, 0.15) is 26.3 Å². The van der Waals surface area contributed by atoms with Gasteiger partial charge in [0.15, 0.2) is 6.10 Å². The molecular formula is C15H20ClNO5S. The lowest BCUT2D eigenvalue weighted by molar-refractivity contribution is -0.150. The van der Waals surface area contributed by atoms with E-state index in [2.05, 4.69) is 0 Å². The van der Waals surface area contributed by atoms with Crippen LogP contribution in [0.4, 0.5) is 0 Å². The predicted molar refractivity (Wildman–Crippen MR) is 86.3 cm³/mol. The second-order valence-electron chi connectivity index (χ2n) is 5.04. The Morgan fingerprint density at radius 1 is 1.35 bits per heavy atom. The van der Waals surface area contributed by atoms with Crippen molar-refractivity contribution in [2.24, 2.45) is 0 Å². The van der Waals surface area contributed by atoms with Crippen molar-refractivity contribution in [1.29, 1.82) is 0 Å². The number of carbonyl (C=O) groups excluding carboxylic acids is 1. The van der Waals surface area contributed by atoms with E-state index in [1.54, 1.807) is 20.8 Å². The molecule has 0 saturated carbocycles. The highest BCUT2D eigenvalue weighted by atomic mass is 35.5. The molecule has 0 N–H and O–H groups in total. The number of benzene rings is 1. The van der Waals surface area contributed by atoms with Crippen molar-refractivity contribution in [2.45, 2.75) is 38.2 Å². The molecule has 0 aromatic heterocycles. The molecule has 128 valence electrons. The maximum absolute atomic E-state index is 12.6. The van der Waals surface area contributed by atoms with Gasteiger partial charge in [0.1, 0.15) is 10.6 Å². The molecule has 1 atom stereocenters. The summed E-state index contributed by atoms with van der Waals surface area (Å²) < 4.78 is 37.1. The first kappa shape index (κ1) is 18.0. The SMILES string of the molecule is CCOC(=O)C1Cc2cc(S(=O)(=O)N(CC)CC)c(Cl)cc2O1. The molecule has 1 unspecified atom stereocenters. The normalized spacial score (nSPS) is 17.0. The summed E-state index contributed by atoms with van der Waals surface area (Å²) in [6, 6.07) is 2.94. The summed E-state index contributed by atoms with van der Waals surface area (Å²) in [6.07, 6.45) is -0.487. The van der Waals surface area contributed by atoms with Crippen LogP contribution in [0.5, 0.6) is 5.75 Å². The maximum atomic E-state index is 12.6. The van der Waals surface area contributed by atoms with E-state index in [9.17, 15) is 13.2 Å². The number of ether oxygens (including phenoxy) is 2. The highest BCUT2D eigenvalue weighted by Crippen LogP contribution is 2.37. The van der Waals surface area contributed by atoms with E-state index in [-0.39, 0.29) is 22.9 Å². The fourth-order valence-electron chi connectivity index (χ4n) is 2.51. The minimum absolute atomic E-state index is 0.0368. The fourth-order valence-corrected chi connectivity index (χ4v) is 4.51. The van der Waals surface area contributed by atoms with E-state index < -0.39 is 22.1 Å². The molecule has 0 fully saturated rings. The van der Waals surface area contributed by atoms with E-state index in [0.29, 0.717) is 24.4 Å². The predicted octanol–water partition coefficient (Wildman–Crippen LogP) is 2.24. The number of sulfonamides is 1. The lowest BCUT2D eigenvalue weighted by Crippen LogP contribution is -2.30. The number of hydrogen-bond donors (Lipinski definition) is 0. The van der Waals surface area contributed by atoms with Crippen LogP contribution < -0.4 is 4.74 Å². The van der Waals surface area contributed by atoms with Crippen molar-refractivity contribution < 1.29 is 22.7 Å². The van der Waals surface area contributed by atoms with Crippen molar-refractivity contribution >= 4 is 27.6 Å². The van der Waals surface area contributed by atoms with Crippen molar-refractivity contribution in [3.05, 3.63) is 22.7 Å². The van der Waals surface area contributed by atoms with E-state index in [4.69, 9.17) is 21.1 Å². The smallest absolute Gasteiger partial charge is 0.347 e. The van der Waals surface area contributed by atoms with E-state index >= 15 is 0 Å². The molecule has 0 bridgehead atoms. The monoisotopic (exact) mass is 361 g/mol. The van der Waals surface area contributed by atoms with Crippen LogP contribution in [0, 0.1) is 0 Å². The molecule has 8 heteroatoms. The third-order valence-electron chi connectivity index (χ3n) is 3.66. The Kier molecular flexibility index (Phi) is 5.54. The topological polar surface area (TPSA) is 72.9 Å². The number of fused-ring (bicyclic) bond motifs is 1. The molecule has 2 rings (SSSR count). The largest absolute Gasteiger partial charge is 0.478 e. The molecule has 0 spiro atoms. The highest BCUT2D eigenvalue weighted by Gasteiger charge is 2.33. The third kappa shape index (κ3) is 3.46. The van der Waals surface area contributed by atoms with Crippen molar-refractivity contribution in [3.63, 3.8) is 0 Å². The first-order valence-electron chi connectivity index (χ1n) is 7.50. The average Bonchev–Trinajstić information content (AvgIpc) is 2.90. The molecule has 0 saturated heterocycles. The fraction of sp³-hybridized carbons (Fsp3) is 0.533. The first-order valence-corrected chi connectivity index (χ1v) is 9.32. The van der Waals surface area contributed by atoms with Gasteiger partial charge in [0.2, 0.25) is 10.0 Å². The Bertz CT molecular complexity index is 700. The number of rotatable bonds is 6. The summed E-state index contributed by atoms with van der Waals surface area (Å²) in [5, 5.41) is 0.0835. The zero-order valence-corrected chi connectivity index (χ0v) is 14.9. The van der Waals surface area contributed by atoms with Gasteiger partial charge in [-0.15, -0.1) is 0 Å². The Balaban J connectivity index is 2.36. The van der Waals surface area contributed by atoms with Gasteiger partial charge < -0.3 is 9.47 Å². The molecule has 0 radical (unpaired) electrons. The van der Waals surface area contributed by atoms with Crippen LogP contribution in [-0.4, -0.2) is 44.5 Å². The van der Waals surface area contributed by atoms with Gasteiger partial charge in [-0.1, -0.05) is 25.4 Å². The number of hydrogen-bond acceptors (Lipinski definition) is 5. The minimum atomic E-state index is -3.67. The second-order valence-corrected chi connectivity index (χ2v) is 7.36. The van der Waals surface area contributed by atoms with Gasteiger partial charge in [-0.05, 0) is 18.6 Å². The molecular weight excluding hydrogens is 342 g/mol. The summed E-state index contributed by atoms with van der Waals surface area (Å²) in [4.78, 5) is 11.8. The van der Waals surface area contributed by atoms with E-state index in [1.807, 2.05) is 0 Å². The molecule has 0 aliphatic carbocycles. The van der Waals surface area contributed by atoms with Gasteiger partial charge in [0.25, 0.3) is 0 Å². The summed E-state index contributed by atoms with van der Waals surface area (Å²) in [5.41, 5.74) is 0.637. The van der Waals surface area contributed by atoms with Gasteiger partial charge in [0.05, 0.1) is 11.6 Å². The third-order valence-corrected chi connectivity index (χ3v) is 6.18. The summed E-state index contributed by atoms with van der Waals surface area (Å²) in [6.45, 7) is 6.22. The Hall–Kier alpha value is -1.31. The average molecular weight is 362 g/mol. The number of carbonyl (C=O) groups is 1. The van der Waals surface area contributed by atoms with Gasteiger partial charge in [-0.25, -0.2) is 13.2 Å². The van der Waals surface area contributed by atoms with Gasteiger partial charge in [-0.3, -0.25) is 0 Å². The molecule has 1 aliphatic heterocycles. The Morgan fingerprint density at radius 2 is 2.00 bits per heavy atom. The van der Waals surface area contributed by atoms with Crippen LogP contribution in [0.15, 0.2) is 17.0 Å². The first-order chi connectivity index (χ1) is 10.8. The van der Waals surface area contributed by atoms with Crippen LogP contribution in [0.2, 0.25) is 5.02 Å². The number of halogens is 1. The zero-order valence-electron chi connectivity index (χ0n) is 13.3. The van der Waals surface area contributed by atoms with Gasteiger partial charge >= 0.3 is 5.97 Å². The Labute approximate surface area is 141 Å².